The molecule has 12 heteroatoms. The first kappa shape index (κ1) is 34.2. The van der Waals surface area contributed by atoms with Crippen LogP contribution in [0.15, 0.2) is 30.3 Å². The monoisotopic (exact) mass is 483 g/mol. The Morgan fingerprint density at radius 1 is 1.03 bits per heavy atom. The van der Waals surface area contributed by atoms with Gasteiger partial charge in [-0.05, 0) is 45.3 Å². The smallest absolute Gasteiger partial charge is 0.652 e. The summed E-state index contributed by atoms with van der Waals surface area (Å²) in [5.41, 5.74) is 0.484. The van der Waals surface area contributed by atoms with Gasteiger partial charge in [0.2, 0.25) is 0 Å². The molecule has 2 N–H and O–H groups in total. The van der Waals surface area contributed by atoms with Gasteiger partial charge < -0.3 is 40.0 Å². The van der Waals surface area contributed by atoms with Crippen molar-refractivity contribution in [1.29, 1.82) is 0 Å². The molecule has 1 aromatic carbocycles. The number of carbonyl (C=O) groups is 3. The second-order valence-corrected chi connectivity index (χ2v) is 8.00. The third-order valence-electron chi connectivity index (χ3n) is 4.22. The van der Waals surface area contributed by atoms with Crippen LogP contribution < -0.4 is 80.0 Å². The van der Waals surface area contributed by atoms with E-state index >= 15 is 0 Å². The molecule has 174 valence electrons. The number of nitrogens with one attached hydrogen (secondary N) is 2. The molecule has 1 aromatic rings. The van der Waals surface area contributed by atoms with Crippen molar-refractivity contribution in [1.82, 2.24) is 15.5 Å². The number of piperidine rings is 1. The van der Waals surface area contributed by atoms with Gasteiger partial charge in [-0.25, -0.2) is 9.59 Å². The second-order valence-electron chi connectivity index (χ2n) is 8.00. The Morgan fingerprint density at radius 2 is 1.58 bits per heavy atom. The molecular weight excluding hydrogens is 452 g/mol. The molecule has 0 atom stereocenters. The van der Waals surface area contributed by atoms with Gasteiger partial charge in [0.15, 0.2) is 0 Å². The number of alkyl carbamates (subject to hydrolysis) is 2. The van der Waals surface area contributed by atoms with Crippen molar-refractivity contribution in [3.63, 3.8) is 0 Å². The van der Waals surface area contributed by atoms with Gasteiger partial charge in [0.1, 0.15) is 12.2 Å². The average Bonchev–Trinajstić information content (AvgIpc) is 2.67. The molecule has 0 aromatic heterocycles. The van der Waals surface area contributed by atoms with E-state index in [9.17, 15) is 9.59 Å². The first-order chi connectivity index (χ1) is 14.5. The molecule has 1 heterocycles. The van der Waals surface area contributed by atoms with Crippen LogP contribution in [-0.4, -0.2) is 61.1 Å². The number of carboxylic acid groups (broad SMARTS) is 2. The molecular formula is C21H31N3Na2O7. The van der Waals surface area contributed by atoms with E-state index in [1.807, 2.05) is 51.1 Å². The standard InChI is InChI=1S/C20H31N3O4.CH2O3.2Na/c1-20(2,3)27-19(25)22-17-9-12-23(13-10-17)14-11-21-18(24)26-15-16-7-5-4-6-8-16;2-1(3)4;;/h4-8,17H,9-15H2,1-3H3,(H,21,24)(H,22,25);(H2,2,3,4);;/q;;2*+1/p-2. The van der Waals surface area contributed by atoms with Gasteiger partial charge in [0, 0.05) is 32.2 Å². The van der Waals surface area contributed by atoms with Gasteiger partial charge >= 0.3 is 71.3 Å². The molecule has 2 amide bonds. The SMILES string of the molecule is CC(C)(C)OC(=O)NC1CCN(CCNC(=O)OCc2ccccc2)CC1.O=C([O-])[O-].[Na+].[Na+]. The predicted molar refractivity (Wildman–Crippen MR) is 109 cm³/mol. The minimum atomic E-state index is -2.33. The molecule has 1 aliphatic rings. The molecule has 10 nitrogen and oxygen atoms in total. The van der Waals surface area contributed by atoms with Crippen LogP contribution in [0.5, 0.6) is 0 Å². The van der Waals surface area contributed by atoms with Crippen molar-refractivity contribution in [2.75, 3.05) is 26.2 Å². The number of nitrogens with zero attached hydrogens (tertiary/aromatic N) is 1. The van der Waals surface area contributed by atoms with Gasteiger partial charge in [-0.2, -0.15) is 0 Å². The maximum atomic E-state index is 11.8. The fourth-order valence-electron chi connectivity index (χ4n) is 2.87. The van der Waals surface area contributed by atoms with Crippen molar-refractivity contribution in [2.24, 2.45) is 0 Å². The van der Waals surface area contributed by atoms with Crippen LogP contribution >= 0.6 is 0 Å². The first-order valence-electron chi connectivity index (χ1n) is 10.1. The van der Waals surface area contributed by atoms with Crippen molar-refractivity contribution in [3.8, 4) is 0 Å². The summed E-state index contributed by atoms with van der Waals surface area (Å²) in [7, 11) is 0. The zero-order valence-electron chi connectivity index (χ0n) is 20.2. The minimum absolute atomic E-state index is 0. The molecule has 0 bridgehead atoms. The summed E-state index contributed by atoms with van der Waals surface area (Å²) in [5, 5.41) is 22.4. The zero-order valence-corrected chi connectivity index (χ0v) is 24.2. The number of hydrogen-bond acceptors (Lipinski definition) is 8. The van der Waals surface area contributed by atoms with Crippen LogP contribution in [0.1, 0.15) is 39.2 Å². The van der Waals surface area contributed by atoms with Crippen molar-refractivity contribution >= 4 is 18.3 Å². The maximum absolute atomic E-state index is 11.8. The van der Waals surface area contributed by atoms with E-state index in [4.69, 9.17) is 24.5 Å². The van der Waals surface area contributed by atoms with Gasteiger partial charge in [0.05, 0.1) is 0 Å². The number of benzene rings is 1. The van der Waals surface area contributed by atoms with Crippen LogP contribution in [-0.2, 0) is 16.1 Å². The predicted octanol–water partition coefficient (Wildman–Crippen LogP) is -5.54. The summed E-state index contributed by atoms with van der Waals surface area (Å²) < 4.78 is 10.5. The van der Waals surface area contributed by atoms with Gasteiger partial charge in [-0.1, -0.05) is 30.3 Å². The number of hydrogen-bond donors (Lipinski definition) is 2. The van der Waals surface area contributed by atoms with Crippen LogP contribution in [0.25, 0.3) is 0 Å². The van der Waals surface area contributed by atoms with Crippen molar-refractivity contribution in [3.05, 3.63) is 35.9 Å². The zero-order chi connectivity index (χ0) is 23.3. The molecule has 0 aliphatic carbocycles. The molecule has 1 fully saturated rings. The maximum Gasteiger partial charge on any atom is 1.00 e. The number of ether oxygens (including phenoxy) is 2. The summed E-state index contributed by atoms with van der Waals surface area (Å²) in [4.78, 5) is 34.1. The van der Waals surface area contributed by atoms with E-state index in [1.54, 1.807) is 0 Å². The van der Waals surface area contributed by atoms with Crippen LogP contribution in [0.3, 0.4) is 0 Å². The largest absolute Gasteiger partial charge is 1.00 e. The van der Waals surface area contributed by atoms with Crippen LogP contribution in [0.4, 0.5) is 14.4 Å². The van der Waals surface area contributed by atoms with E-state index in [0.717, 1.165) is 38.0 Å². The number of amides is 2. The first-order valence-corrected chi connectivity index (χ1v) is 10.1. The summed E-state index contributed by atoms with van der Waals surface area (Å²) in [6.07, 6.45) is -1.35. The van der Waals surface area contributed by atoms with Crippen LogP contribution in [0.2, 0.25) is 0 Å². The Bertz CT molecular complexity index is 691. The Labute approximate surface area is 239 Å². The minimum Gasteiger partial charge on any atom is -0.652 e. The van der Waals surface area contributed by atoms with E-state index in [1.165, 1.54) is 0 Å². The topological polar surface area (TPSA) is 143 Å². The molecule has 1 aliphatic heterocycles. The third kappa shape index (κ3) is 19.0. The summed E-state index contributed by atoms with van der Waals surface area (Å²) >= 11 is 0. The second kappa shape index (κ2) is 18.3. The van der Waals surface area contributed by atoms with Gasteiger partial charge in [0.25, 0.3) is 0 Å². The Morgan fingerprint density at radius 3 is 2.09 bits per heavy atom. The van der Waals surface area contributed by atoms with E-state index < -0.39 is 17.8 Å². The Kier molecular flexibility index (Phi) is 19.0. The van der Waals surface area contributed by atoms with Gasteiger partial charge in [-0.15, -0.1) is 0 Å². The molecule has 33 heavy (non-hydrogen) atoms. The van der Waals surface area contributed by atoms with Crippen molar-refractivity contribution < 1.29 is 93.2 Å². The van der Waals surface area contributed by atoms with E-state index in [0.29, 0.717) is 6.54 Å². The van der Waals surface area contributed by atoms with Crippen molar-refractivity contribution in [2.45, 2.75) is 51.9 Å². The summed E-state index contributed by atoms with van der Waals surface area (Å²) in [6, 6.07) is 9.73. The molecule has 2 rings (SSSR count). The Balaban J connectivity index is 0. The number of rotatable bonds is 6. The van der Waals surface area contributed by atoms with E-state index in [2.05, 4.69) is 15.5 Å². The fourth-order valence-corrected chi connectivity index (χ4v) is 2.87. The average molecular weight is 483 g/mol. The van der Waals surface area contributed by atoms with E-state index in [-0.39, 0.29) is 77.9 Å². The summed E-state index contributed by atoms with van der Waals surface area (Å²) in [5.74, 6) is 0. The number of carbonyl (C=O) groups excluding carboxylic acids is 3. The Hall–Kier alpha value is -1.01. The molecule has 0 radical (unpaired) electrons. The fraction of sp³-hybridized carbons (Fsp3) is 0.571. The molecule has 0 unspecified atom stereocenters. The van der Waals surface area contributed by atoms with Gasteiger partial charge in [-0.3, -0.25) is 0 Å². The molecule has 0 saturated carbocycles. The third-order valence-corrected chi connectivity index (χ3v) is 4.22. The quantitative estimate of drug-likeness (QED) is 0.382. The molecule has 0 spiro atoms. The molecule has 1 saturated heterocycles. The number of likely N-dealkylation sites (tertiary alicyclic amines) is 1. The normalized spacial score (nSPS) is 13.7. The summed E-state index contributed by atoms with van der Waals surface area (Å²) in [6.45, 7) is 8.89. The van der Waals surface area contributed by atoms with Crippen LogP contribution in [0, 0.1) is 0 Å².